The van der Waals surface area contributed by atoms with Gasteiger partial charge >= 0.3 is 0 Å². The van der Waals surface area contributed by atoms with Crippen molar-refractivity contribution in [3.05, 3.63) is 46.1 Å². The zero-order valence-electron chi connectivity index (χ0n) is 14.8. The Morgan fingerprint density at radius 1 is 1.44 bits per heavy atom. The van der Waals surface area contributed by atoms with Gasteiger partial charge in [0.05, 0.1) is 35.9 Å². The van der Waals surface area contributed by atoms with Crippen molar-refractivity contribution in [3.8, 4) is 5.75 Å². The highest BCUT2D eigenvalue weighted by Gasteiger charge is 2.49. The van der Waals surface area contributed by atoms with Crippen LogP contribution in [0.4, 0.5) is 10.1 Å². The van der Waals surface area contributed by atoms with Gasteiger partial charge in [0.15, 0.2) is 4.21 Å². The van der Waals surface area contributed by atoms with Crippen LogP contribution in [0.25, 0.3) is 4.85 Å². The molecule has 0 amide bonds. The number of thiazole rings is 1. The number of halogens is 1. The largest absolute Gasteiger partial charge is 0.493 e. The summed E-state index contributed by atoms with van der Waals surface area (Å²) in [5, 5.41) is 10.4. The maximum atomic E-state index is 13.7. The fraction of sp³-hybridized carbons (Fsp3) is 0.412. The molecule has 1 aromatic heterocycles. The summed E-state index contributed by atoms with van der Waals surface area (Å²) in [6.45, 7) is 10.2. The lowest BCUT2D eigenvalue weighted by Gasteiger charge is -2.47. The zero-order valence-corrected chi connectivity index (χ0v) is 16.4. The van der Waals surface area contributed by atoms with Crippen LogP contribution in [0.15, 0.2) is 22.4 Å². The van der Waals surface area contributed by atoms with Crippen molar-refractivity contribution in [1.82, 2.24) is 9.29 Å². The molecule has 1 aliphatic rings. The topological polar surface area (TPSA) is 84.1 Å². The number of aliphatic hydroxyl groups excluding tert-OH is 1. The van der Waals surface area contributed by atoms with Gasteiger partial charge in [-0.1, -0.05) is 0 Å². The lowest BCUT2D eigenvalue weighted by atomic mass is 9.83. The molecule has 7 nitrogen and oxygen atoms in total. The summed E-state index contributed by atoms with van der Waals surface area (Å²) in [6.07, 6.45) is 0. The molecule has 10 heteroatoms. The van der Waals surface area contributed by atoms with E-state index in [0.717, 1.165) is 17.4 Å². The Balaban J connectivity index is 1.68. The van der Waals surface area contributed by atoms with Crippen LogP contribution in [-0.2, 0) is 10.0 Å². The Morgan fingerprint density at radius 3 is 2.67 bits per heavy atom. The highest BCUT2D eigenvalue weighted by molar-refractivity contribution is 7.91. The smallest absolute Gasteiger partial charge is 0.254 e. The van der Waals surface area contributed by atoms with E-state index in [0.29, 0.717) is 10.7 Å². The molecule has 2 heterocycles. The third kappa shape index (κ3) is 3.68. The van der Waals surface area contributed by atoms with E-state index < -0.39 is 21.3 Å². The molecule has 0 aliphatic carbocycles. The monoisotopic (exact) mass is 411 g/mol. The molecule has 3 rings (SSSR count). The number of hydrogen-bond acceptors (Lipinski definition) is 6. The highest BCUT2D eigenvalue weighted by Crippen LogP contribution is 2.37. The number of hydrogen-bond donors (Lipinski definition) is 1. The van der Waals surface area contributed by atoms with Crippen molar-refractivity contribution >= 4 is 27.0 Å². The molecule has 1 N–H and O–H groups in total. The third-order valence-corrected chi connectivity index (χ3v) is 7.83. The van der Waals surface area contributed by atoms with Gasteiger partial charge < -0.3 is 9.84 Å². The first-order chi connectivity index (χ1) is 12.7. The predicted octanol–water partition coefficient (Wildman–Crippen LogP) is 2.51. The summed E-state index contributed by atoms with van der Waals surface area (Å²) in [5.41, 5.74) is -0.392. The summed E-state index contributed by atoms with van der Waals surface area (Å²) < 4.78 is 46.2. The normalized spacial score (nSPS) is 16.6. The highest BCUT2D eigenvalue weighted by atomic mass is 32.2. The fourth-order valence-corrected chi connectivity index (χ4v) is 6.17. The Bertz CT molecular complexity index is 1010. The Hall–Kier alpha value is -2.06. The lowest BCUT2D eigenvalue weighted by molar-refractivity contribution is -0.0272. The second-order valence-corrected chi connectivity index (χ2v) is 9.89. The maximum Gasteiger partial charge on any atom is 0.254 e. The molecule has 1 aromatic carbocycles. The number of aliphatic hydroxyl groups is 1. The molecular formula is C17H18FN3O4S2. The molecule has 144 valence electrons. The van der Waals surface area contributed by atoms with E-state index in [2.05, 4.69) is 9.83 Å². The number of sulfonamides is 1. The second-order valence-electron chi connectivity index (χ2n) is 6.55. The average Bonchev–Trinajstić information content (AvgIpc) is 2.93. The van der Waals surface area contributed by atoms with E-state index >= 15 is 0 Å². The standard InChI is InChI=1S/C17H18FN3O4S2/c1-11-16(26-12(2)20-11)27(23,24)21-7-17(8-21,9-22)10-25-13-4-5-15(19-3)14(18)6-13/h4-6,22H,7-10H2,1-2H3. The van der Waals surface area contributed by atoms with E-state index in [1.54, 1.807) is 13.8 Å². The van der Waals surface area contributed by atoms with Gasteiger partial charge in [0.25, 0.3) is 10.0 Å². The van der Waals surface area contributed by atoms with Crippen molar-refractivity contribution in [3.63, 3.8) is 0 Å². The zero-order chi connectivity index (χ0) is 19.8. The SMILES string of the molecule is [C-]#[N+]c1ccc(OCC2(CO)CN(S(=O)(=O)c3sc(C)nc3C)C2)cc1F. The van der Waals surface area contributed by atoms with Crippen LogP contribution in [0, 0.1) is 31.7 Å². The number of aromatic nitrogens is 1. The van der Waals surface area contributed by atoms with Crippen molar-refractivity contribution < 1.29 is 22.7 Å². The molecular weight excluding hydrogens is 393 g/mol. The summed E-state index contributed by atoms with van der Waals surface area (Å²) in [7, 11) is -3.66. The van der Waals surface area contributed by atoms with Crippen LogP contribution in [0.2, 0.25) is 0 Å². The molecule has 1 fully saturated rings. The van der Waals surface area contributed by atoms with Gasteiger partial charge in [0.1, 0.15) is 11.6 Å². The van der Waals surface area contributed by atoms with Gasteiger partial charge in [-0.05, 0) is 26.0 Å². The van der Waals surface area contributed by atoms with Crippen LogP contribution < -0.4 is 4.74 Å². The summed E-state index contributed by atoms with van der Waals surface area (Å²) in [6, 6.07) is 3.89. The molecule has 0 spiro atoms. The Labute approximate surface area is 160 Å². The quantitative estimate of drug-likeness (QED) is 0.739. The molecule has 1 saturated heterocycles. The molecule has 0 radical (unpaired) electrons. The average molecular weight is 411 g/mol. The van der Waals surface area contributed by atoms with Gasteiger partial charge in [0.2, 0.25) is 5.69 Å². The summed E-state index contributed by atoms with van der Waals surface area (Å²) >= 11 is 1.12. The second kappa shape index (κ2) is 7.16. The molecule has 0 saturated carbocycles. The van der Waals surface area contributed by atoms with E-state index in [1.807, 2.05) is 0 Å². The first-order valence-corrected chi connectivity index (χ1v) is 10.3. The van der Waals surface area contributed by atoms with Crippen LogP contribution in [0.3, 0.4) is 0 Å². The molecule has 27 heavy (non-hydrogen) atoms. The summed E-state index contributed by atoms with van der Waals surface area (Å²) in [4.78, 5) is 7.20. The van der Waals surface area contributed by atoms with E-state index in [-0.39, 0.29) is 41.9 Å². The Kier molecular flexibility index (Phi) is 5.22. The fourth-order valence-electron chi connectivity index (χ4n) is 2.88. The minimum Gasteiger partial charge on any atom is -0.493 e. The molecule has 2 aromatic rings. The van der Waals surface area contributed by atoms with Crippen molar-refractivity contribution in [2.75, 3.05) is 26.3 Å². The Morgan fingerprint density at radius 2 is 2.15 bits per heavy atom. The van der Waals surface area contributed by atoms with Gasteiger partial charge in [-0.25, -0.2) is 22.6 Å². The van der Waals surface area contributed by atoms with Crippen LogP contribution in [0.5, 0.6) is 5.75 Å². The number of nitrogens with zero attached hydrogens (tertiary/aromatic N) is 3. The minimum absolute atomic E-state index is 0.0347. The van der Waals surface area contributed by atoms with Crippen molar-refractivity contribution in [1.29, 1.82) is 0 Å². The number of rotatable bonds is 6. The number of ether oxygens (including phenoxy) is 1. The maximum absolute atomic E-state index is 13.7. The van der Waals surface area contributed by atoms with Gasteiger partial charge in [0, 0.05) is 19.2 Å². The number of aryl methyl sites for hydroxylation is 2. The predicted molar refractivity (Wildman–Crippen MR) is 98.0 cm³/mol. The van der Waals surface area contributed by atoms with Gasteiger partial charge in [-0.3, -0.25) is 0 Å². The van der Waals surface area contributed by atoms with Crippen molar-refractivity contribution in [2.45, 2.75) is 18.1 Å². The van der Waals surface area contributed by atoms with E-state index in [9.17, 15) is 17.9 Å². The van der Waals surface area contributed by atoms with Crippen molar-refractivity contribution in [2.24, 2.45) is 5.41 Å². The van der Waals surface area contributed by atoms with Gasteiger partial charge in [-0.2, -0.15) is 4.31 Å². The van der Waals surface area contributed by atoms with E-state index in [1.165, 1.54) is 16.4 Å². The van der Waals surface area contributed by atoms with Crippen LogP contribution in [0.1, 0.15) is 10.7 Å². The molecule has 0 bridgehead atoms. The molecule has 1 aliphatic heterocycles. The molecule has 0 unspecified atom stereocenters. The first kappa shape index (κ1) is 19.7. The molecule has 0 atom stereocenters. The lowest BCUT2D eigenvalue weighted by Crippen LogP contribution is -2.62. The van der Waals surface area contributed by atoms with Crippen LogP contribution in [-0.4, -0.2) is 49.1 Å². The number of benzene rings is 1. The van der Waals surface area contributed by atoms with Gasteiger partial charge in [-0.15, -0.1) is 11.3 Å². The van der Waals surface area contributed by atoms with Crippen LogP contribution >= 0.6 is 11.3 Å². The first-order valence-electron chi connectivity index (χ1n) is 8.06. The third-order valence-electron chi connectivity index (χ3n) is 4.38. The summed E-state index contributed by atoms with van der Waals surface area (Å²) in [5.74, 6) is -0.461. The minimum atomic E-state index is -3.66. The van der Waals surface area contributed by atoms with E-state index in [4.69, 9.17) is 11.3 Å².